The Bertz CT molecular complexity index is 525. The van der Waals surface area contributed by atoms with Crippen molar-refractivity contribution < 1.29 is 23.8 Å². The predicted molar refractivity (Wildman–Crippen MR) is 79.6 cm³/mol. The van der Waals surface area contributed by atoms with E-state index in [1.165, 1.54) is 7.11 Å². The number of ether oxygens (including phenoxy) is 3. The van der Waals surface area contributed by atoms with E-state index in [4.69, 9.17) is 14.2 Å². The number of hydrogen-bond donors (Lipinski definition) is 1. The molecule has 1 saturated heterocycles. The van der Waals surface area contributed by atoms with Gasteiger partial charge in [0.2, 0.25) is 5.91 Å². The second-order valence-corrected chi connectivity index (χ2v) is 5.20. The normalized spacial score (nSPS) is 18.5. The van der Waals surface area contributed by atoms with Crippen LogP contribution in [-0.2, 0) is 25.5 Å². The highest BCUT2D eigenvalue weighted by Crippen LogP contribution is 2.16. The summed E-state index contributed by atoms with van der Waals surface area (Å²) < 4.78 is 15.2. The Balaban J connectivity index is 2.05. The van der Waals surface area contributed by atoms with Gasteiger partial charge in [0.15, 0.2) is 0 Å². The first kappa shape index (κ1) is 16.3. The van der Waals surface area contributed by atoms with Crippen LogP contribution in [0.5, 0.6) is 5.75 Å². The molecule has 1 fully saturated rings. The van der Waals surface area contributed by atoms with E-state index < -0.39 is 12.0 Å². The minimum atomic E-state index is -0.717. The molecule has 2 atom stereocenters. The maximum absolute atomic E-state index is 12.2. The van der Waals surface area contributed by atoms with Crippen LogP contribution in [-0.4, -0.2) is 45.4 Å². The van der Waals surface area contributed by atoms with E-state index in [1.54, 1.807) is 7.11 Å². The second-order valence-electron chi connectivity index (χ2n) is 5.20. The number of amides is 1. The van der Waals surface area contributed by atoms with Crippen LogP contribution in [0.15, 0.2) is 24.3 Å². The number of nitrogens with one attached hydrogen (secondary N) is 1. The van der Waals surface area contributed by atoms with Gasteiger partial charge in [0, 0.05) is 13.0 Å². The molecule has 6 nitrogen and oxygen atoms in total. The van der Waals surface area contributed by atoms with Crippen LogP contribution in [0.3, 0.4) is 0 Å². The molecule has 1 aromatic rings. The molecular weight excluding hydrogens is 286 g/mol. The summed E-state index contributed by atoms with van der Waals surface area (Å²) in [7, 11) is 2.89. The van der Waals surface area contributed by atoms with Crippen molar-refractivity contribution in [3.8, 4) is 5.75 Å². The molecule has 1 heterocycles. The average Bonchev–Trinajstić information content (AvgIpc) is 3.08. The van der Waals surface area contributed by atoms with E-state index in [9.17, 15) is 9.59 Å². The molecule has 0 unspecified atom stereocenters. The zero-order chi connectivity index (χ0) is 15.9. The molecule has 0 bridgehead atoms. The lowest BCUT2D eigenvalue weighted by atomic mass is 10.0. The summed E-state index contributed by atoms with van der Waals surface area (Å²) in [5.74, 6) is -0.125. The lowest BCUT2D eigenvalue weighted by Gasteiger charge is -2.18. The standard InChI is InChI=1S/C16H21NO5/c1-20-13-5-3-4-11(8-13)9-14(16(19)21-2)17-15(18)12-6-7-22-10-12/h3-5,8,12,14H,6-7,9-10H2,1-2H3,(H,17,18)/t12-,14+/m0/s1. The average molecular weight is 307 g/mol. The van der Waals surface area contributed by atoms with Crippen molar-refractivity contribution in [3.63, 3.8) is 0 Å². The lowest BCUT2D eigenvalue weighted by Crippen LogP contribution is -2.45. The summed E-state index contributed by atoms with van der Waals surface area (Å²) in [6.45, 7) is 0.982. The summed E-state index contributed by atoms with van der Waals surface area (Å²) in [4.78, 5) is 24.1. The summed E-state index contributed by atoms with van der Waals surface area (Å²) in [5.41, 5.74) is 0.887. The third-order valence-corrected chi connectivity index (χ3v) is 3.68. The predicted octanol–water partition coefficient (Wildman–Crippen LogP) is 0.932. The van der Waals surface area contributed by atoms with Gasteiger partial charge < -0.3 is 19.5 Å². The van der Waals surface area contributed by atoms with Crippen LogP contribution in [0, 0.1) is 5.92 Å². The molecule has 6 heteroatoms. The smallest absolute Gasteiger partial charge is 0.328 e. The molecule has 0 aromatic heterocycles. The fourth-order valence-electron chi connectivity index (χ4n) is 2.40. The maximum atomic E-state index is 12.2. The molecule has 1 N–H and O–H groups in total. The van der Waals surface area contributed by atoms with Crippen LogP contribution in [0.2, 0.25) is 0 Å². The van der Waals surface area contributed by atoms with Gasteiger partial charge in [-0.05, 0) is 24.1 Å². The number of rotatable bonds is 6. The van der Waals surface area contributed by atoms with Crippen LogP contribution >= 0.6 is 0 Å². The molecule has 1 amide bonds. The summed E-state index contributed by atoms with van der Waals surface area (Å²) in [6, 6.07) is 6.66. The molecule has 1 aromatic carbocycles. The third kappa shape index (κ3) is 4.21. The van der Waals surface area contributed by atoms with Crippen molar-refractivity contribution in [2.45, 2.75) is 18.9 Å². The summed E-state index contributed by atoms with van der Waals surface area (Å²) in [6.07, 6.45) is 1.03. The van der Waals surface area contributed by atoms with Gasteiger partial charge in [-0.1, -0.05) is 12.1 Å². The minimum Gasteiger partial charge on any atom is -0.497 e. The van der Waals surface area contributed by atoms with Crippen molar-refractivity contribution in [3.05, 3.63) is 29.8 Å². The van der Waals surface area contributed by atoms with E-state index in [2.05, 4.69) is 5.32 Å². The summed E-state index contributed by atoms with van der Waals surface area (Å²) >= 11 is 0. The van der Waals surface area contributed by atoms with Crippen LogP contribution in [0.25, 0.3) is 0 Å². The number of esters is 1. The first-order valence-electron chi connectivity index (χ1n) is 7.23. The van der Waals surface area contributed by atoms with Gasteiger partial charge in [-0.15, -0.1) is 0 Å². The minimum absolute atomic E-state index is 0.171. The SMILES string of the molecule is COC(=O)[C@@H](Cc1cccc(OC)c1)NC(=O)[C@H]1CCOC1. The number of hydrogen-bond acceptors (Lipinski definition) is 5. The Hall–Kier alpha value is -2.08. The number of methoxy groups -OCH3 is 2. The second kappa shape index (κ2) is 7.79. The van der Waals surface area contributed by atoms with Crippen molar-refractivity contribution in [2.75, 3.05) is 27.4 Å². The first-order chi connectivity index (χ1) is 10.6. The molecule has 22 heavy (non-hydrogen) atoms. The Morgan fingerprint density at radius 2 is 2.23 bits per heavy atom. The maximum Gasteiger partial charge on any atom is 0.328 e. The van der Waals surface area contributed by atoms with E-state index >= 15 is 0 Å². The molecule has 2 rings (SSSR count). The van der Waals surface area contributed by atoms with Crippen molar-refractivity contribution in [2.24, 2.45) is 5.92 Å². The fourth-order valence-corrected chi connectivity index (χ4v) is 2.40. The van der Waals surface area contributed by atoms with Gasteiger partial charge in [0.25, 0.3) is 0 Å². The van der Waals surface area contributed by atoms with E-state index in [0.717, 1.165) is 5.56 Å². The monoisotopic (exact) mass is 307 g/mol. The highest BCUT2D eigenvalue weighted by atomic mass is 16.5. The van der Waals surface area contributed by atoms with Gasteiger partial charge in [-0.3, -0.25) is 4.79 Å². The zero-order valence-corrected chi connectivity index (χ0v) is 12.8. The van der Waals surface area contributed by atoms with Gasteiger partial charge in [0.05, 0.1) is 26.7 Å². The van der Waals surface area contributed by atoms with Gasteiger partial charge in [0.1, 0.15) is 11.8 Å². The molecular formula is C16H21NO5. The third-order valence-electron chi connectivity index (χ3n) is 3.68. The molecule has 0 radical (unpaired) electrons. The van der Waals surface area contributed by atoms with Crippen molar-refractivity contribution in [1.82, 2.24) is 5.32 Å². The van der Waals surface area contributed by atoms with E-state index in [-0.39, 0.29) is 11.8 Å². The van der Waals surface area contributed by atoms with Crippen LogP contribution in [0.4, 0.5) is 0 Å². The van der Waals surface area contributed by atoms with Gasteiger partial charge in [-0.2, -0.15) is 0 Å². The Kier molecular flexibility index (Phi) is 5.77. The molecule has 0 aliphatic carbocycles. The first-order valence-corrected chi connectivity index (χ1v) is 7.23. The largest absolute Gasteiger partial charge is 0.497 e. The number of benzene rings is 1. The van der Waals surface area contributed by atoms with Gasteiger partial charge >= 0.3 is 5.97 Å². The van der Waals surface area contributed by atoms with E-state index in [1.807, 2.05) is 24.3 Å². The quantitative estimate of drug-likeness (QED) is 0.792. The molecule has 0 spiro atoms. The highest BCUT2D eigenvalue weighted by molar-refractivity contribution is 5.86. The lowest BCUT2D eigenvalue weighted by molar-refractivity contribution is -0.145. The highest BCUT2D eigenvalue weighted by Gasteiger charge is 2.28. The van der Waals surface area contributed by atoms with Crippen LogP contribution < -0.4 is 10.1 Å². The number of carbonyl (C=O) groups excluding carboxylic acids is 2. The van der Waals surface area contributed by atoms with Crippen molar-refractivity contribution in [1.29, 1.82) is 0 Å². The molecule has 1 aliphatic heterocycles. The van der Waals surface area contributed by atoms with Gasteiger partial charge in [-0.25, -0.2) is 4.79 Å². The molecule has 0 saturated carbocycles. The number of carbonyl (C=O) groups is 2. The van der Waals surface area contributed by atoms with E-state index in [0.29, 0.717) is 31.8 Å². The Morgan fingerprint density at radius 3 is 2.86 bits per heavy atom. The topological polar surface area (TPSA) is 73.9 Å². The Morgan fingerprint density at radius 1 is 1.41 bits per heavy atom. The summed E-state index contributed by atoms with van der Waals surface area (Å²) in [5, 5.41) is 2.76. The van der Waals surface area contributed by atoms with Crippen molar-refractivity contribution >= 4 is 11.9 Å². The Labute approximate surface area is 129 Å². The fraction of sp³-hybridized carbons (Fsp3) is 0.500. The zero-order valence-electron chi connectivity index (χ0n) is 12.8. The molecule has 1 aliphatic rings. The van der Waals surface area contributed by atoms with Crippen LogP contribution in [0.1, 0.15) is 12.0 Å². The molecule has 120 valence electrons.